The predicted molar refractivity (Wildman–Crippen MR) is 90.3 cm³/mol. The van der Waals surface area contributed by atoms with Gasteiger partial charge in [0, 0.05) is 0 Å². The maximum Gasteiger partial charge on any atom is 0.161 e. The van der Waals surface area contributed by atoms with Crippen molar-refractivity contribution in [2.45, 2.75) is 20.3 Å². The molecule has 1 aromatic carbocycles. The minimum atomic E-state index is 0.139. The van der Waals surface area contributed by atoms with Crippen LogP contribution in [0.2, 0.25) is 0 Å². The van der Waals surface area contributed by atoms with Gasteiger partial charge in [-0.15, -0.1) is 0 Å². The lowest BCUT2D eigenvalue weighted by molar-refractivity contribution is -0.869. The Morgan fingerprint density at radius 3 is 2.32 bits per heavy atom. The number of ketones is 1. The van der Waals surface area contributed by atoms with Crippen molar-refractivity contribution in [3.8, 4) is 11.5 Å². The largest absolute Gasteiger partial charge is 0.490 e. The van der Waals surface area contributed by atoms with Gasteiger partial charge in [-0.2, -0.15) is 0 Å². The maximum atomic E-state index is 11.9. The molecule has 0 aliphatic heterocycles. The van der Waals surface area contributed by atoms with Crippen molar-refractivity contribution >= 4 is 11.9 Å². The van der Waals surface area contributed by atoms with Gasteiger partial charge in [-0.25, -0.2) is 0 Å². The number of quaternary nitrogens is 1. The minimum absolute atomic E-state index is 0.139. The molecule has 0 spiro atoms. The van der Waals surface area contributed by atoms with Crippen LogP contribution >= 0.6 is 0 Å². The van der Waals surface area contributed by atoms with Crippen LogP contribution in [0.25, 0.3) is 6.08 Å². The fraction of sp³-hybridized carbons (Fsp3) is 0.500. The molecule has 22 heavy (non-hydrogen) atoms. The number of benzene rings is 1. The van der Waals surface area contributed by atoms with E-state index in [1.54, 1.807) is 6.08 Å². The SMILES string of the molecule is CCOc1ccc(C=CC(=O)CC[N+](C)(C)C)cc1OCC. The first kappa shape index (κ1) is 18.2. The number of carbonyl (C=O) groups is 1. The zero-order chi connectivity index (χ0) is 16.6. The van der Waals surface area contributed by atoms with E-state index in [9.17, 15) is 4.79 Å². The molecule has 122 valence electrons. The van der Waals surface area contributed by atoms with Crippen molar-refractivity contribution in [1.82, 2.24) is 0 Å². The highest BCUT2D eigenvalue weighted by Crippen LogP contribution is 2.29. The molecule has 0 atom stereocenters. The summed E-state index contributed by atoms with van der Waals surface area (Å²) in [5.41, 5.74) is 0.936. The molecule has 1 rings (SSSR count). The molecule has 0 heterocycles. The molecule has 0 amide bonds. The number of rotatable bonds is 9. The Morgan fingerprint density at radius 2 is 1.73 bits per heavy atom. The molecule has 4 heteroatoms. The molecular weight excluding hydrogens is 278 g/mol. The van der Waals surface area contributed by atoms with Gasteiger partial charge in [0.1, 0.15) is 0 Å². The van der Waals surface area contributed by atoms with Crippen molar-refractivity contribution in [3.05, 3.63) is 29.8 Å². The number of hydrogen-bond donors (Lipinski definition) is 0. The second-order valence-corrected chi connectivity index (χ2v) is 6.14. The van der Waals surface area contributed by atoms with Gasteiger partial charge in [-0.05, 0) is 37.6 Å². The van der Waals surface area contributed by atoms with E-state index in [0.29, 0.717) is 25.4 Å². The lowest BCUT2D eigenvalue weighted by atomic mass is 10.1. The molecule has 0 fully saturated rings. The Balaban J connectivity index is 2.74. The molecule has 0 bridgehead atoms. The molecule has 0 N–H and O–H groups in total. The normalized spacial score (nSPS) is 11.7. The molecule has 0 radical (unpaired) electrons. The molecule has 0 aliphatic carbocycles. The third kappa shape index (κ3) is 6.76. The zero-order valence-electron chi connectivity index (χ0n) is 14.4. The van der Waals surface area contributed by atoms with Gasteiger partial charge >= 0.3 is 0 Å². The summed E-state index contributed by atoms with van der Waals surface area (Å²) < 4.78 is 11.9. The van der Waals surface area contributed by atoms with E-state index in [1.807, 2.05) is 38.1 Å². The van der Waals surface area contributed by atoms with Gasteiger partial charge in [-0.1, -0.05) is 12.1 Å². The fourth-order valence-corrected chi connectivity index (χ4v) is 1.89. The van der Waals surface area contributed by atoms with Crippen LogP contribution in [0.3, 0.4) is 0 Å². The Labute approximate surface area is 133 Å². The van der Waals surface area contributed by atoms with Gasteiger partial charge in [0.15, 0.2) is 17.3 Å². The van der Waals surface area contributed by atoms with E-state index in [-0.39, 0.29) is 5.78 Å². The molecule has 0 unspecified atom stereocenters. The maximum absolute atomic E-state index is 11.9. The van der Waals surface area contributed by atoms with Crippen molar-refractivity contribution in [3.63, 3.8) is 0 Å². The Bertz CT molecular complexity index is 516. The summed E-state index contributed by atoms with van der Waals surface area (Å²) in [4.78, 5) is 11.9. The van der Waals surface area contributed by atoms with Crippen molar-refractivity contribution in [2.24, 2.45) is 0 Å². The van der Waals surface area contributed by atoms with Gasteiger partial charge < -0.3 is 14.0 Å². The standard InChI is InChI=1S/C18H28NO3/c1-6-21-17-11-9-15(14-18(17)22-7-2)8-10-16(20)12-13-19(3,4)5/h8-11,14H,6-7,12-13H2,1-5H3/q+1. The van der Waals surface area contributed by atoms with Gasteiger partial charge in [-0.3, -0.25) is 4.79 Å². The topological polar surface area (TPSA) is 35.5 Å². The smallest absolute Gasteiger partial charge is 0.161 e. The number of ether oxygens (including phenoxy) is 2. The van der Waals surface area contributed by atoms with E-state index in [2.05, 4.69) is 21.1 Å². The molecule has 0 aliphatic rings. The summed E-state index contributed by atoms with van der Waals surface area (Å²) >= 11 is 0. The van der Waals surface area contributed by atoms with Gasteiger partial charge in [0.2, 0.25) is 0 Å². The van der Waals surface area contributed by atoms with Crippen LogP contribution in [-0.4, -0.2) is 51.2 Å². The van der Waals surface area contributed by atoms with E-state index >= 15 is 0 Å². The highest BCUT2D eigenvalue weighted by atomic mass is 16.5. The first-order chi connectivity index (χ1) is 10.4. The molecule has 0 saturated heterocycles. The average molecular weight is 306 g/mol. The summed E-state index contributed by atoms with van der Waals surface area (Å²) in [6, 6.07) is 5.71. The molecular formula is C18H28NO3+. The van der Waals surface area contributed by atoms with Crippen molar-refractivity contribution < 1.29 is 18.8 Å². The summed E-state index contributed by atoms with van der Waals surface area (Å²) in [6.07, 6.45) is 4.02. The lowest BCUT2D eigenvalue weighted by Crippen LogP contribution is -2.36. The second-order valence-electron chi connectivity index (χ2n) is 6.14. The Morgan fingerprint density at radius 1 is 1.09 bits per heavy atom. The number of hydrogen-bond acceptors (Lipinski definition) is 3. The zero-order valence-corrected chi connectivity index (χ0v) is 14.4. The fourth-order valence-electron chi connectivity index (χ4n) is 1.89. The minimum Gasteiger partial charge on any atom is -0.490 e. The summed E-state index contributed by atoms with van der Waals surface area (Å²) in [5.74, 6) is 1.59. The van der Waals surface area contributed by atoms with E-state index in [4.69, 9.17) is 9.47 Å². The summed E-state index contributed by atoms with van der Waals surface area (Å²) in [6.45, 7) is 5.88. The predicted octanol–water partition coefficient (Wildman–Crippen LogP) is 3.16. The first-order valence-electron chi connectivity index (χ1n) is 7.76. The van der Waals surface area contributed by atoms with Crippen LogP contribution in [0, 0.1) is 0 Å². The molecule has 0 aromatic heterocycles. The van der Waals surface area contributed by atoms with E-state index < -0.39 is 0 Å². The van der Waals surface area contributed by atoms with Crippen LogP contribution < -0.4 is 9.47 Å². The summed E-state index contributed by atoms with van der Waals surface area (Å²) in [5, 5.41) is 0. The lowest BCUT2D eigenvalue weighted by Gasteiger charge is -2.22. The number of nitrogens with zero attached hydrogens (tertiary/aromatic N) is 1. The second kappa shape index (κ2) is 8.59. The quantitative estimate of drug-likeness (QED) is 0.519. The van der Waals surface area contributed by atoms with Crippen LogP contribution in [0.4, 0.5) is 0 Å². The Kier molecular flexibility index (Phi) is 7.12. The van der Waals surface area contributed by atoms with Crippen LogP contribution in [0.5, 0.6) is 11.5 Å². The monoisotopic (exact) mass is 306 g/mol. The highest BCUT2D eigenvalue weighted by Gasteiger charge is 2.09. The molecule has 0 saturated carbocycles. The van der Waals surface area contributed by atoms with Crippen LogP contribution in [0.1, 0.15) is 25.8 Å². The highest BCUT2D eigenvalue weighted by molar-refractivity contribution is 5.93. The van der Waals surface area contributed by atoms with Gasteiger partial charge in [0.05, 0.1) is 47.3 Å². The molecule has 4 nitrogen and oxygen atoms in total. The Hall–Kier alpha value is -1.81. The third-order valence-corrected chi connectivity index (χ3v) is 3.06. The third-order valence-electron chi connectivity index (χ3n) is 3.06. The van der Waals surface area contributed by atoms with Crippen molar-refractivity contribution in [1.29, 1.82) is 0 Å². The van der Waals surface area contributed by atoms with E-state index in [0.717, 1.165) is 22.3 Å². The van der Waals surface area contributed by atoms with Crippen molar-refractivity contribution in [2.75, 3.05) is 40.9 Å². The van der Waals surface area contributed by atoms with Crippen LogP contribution in [-0.2, 0) is 4.79 Å². The average Bonchev–Trinajstić information content (AvgIpc) is 2.45. The summed E-state index contributed by atoms with van der Waals surface area (Å²) in [7, 11) is 6.24. The van der Waals surface area contributed by atoms with Gasteiger partial charge in [0.25, 0.3) is 0 Å². The van der Waals surface area contributed by atoms with E-state index in [1.165, 1.54) is 0 Å². The first-order valence-corrected chi connectivity index (χ1v) is 7.76. The number of allylic oxidation sites excluding steroid dienone is 1. The number of carbonyl (C=O) groups excluding carboxylic acids is 1. The molecule has 1 aromatic rings. The van der Waals surface area contributed by atoms with Crippen LogP contribution in [0.15, 0.2) is 24.3 Å².